The van der Waals surface area contributed by atoms with E-state index in [9.17, 15) is 24.3 Å². The summed E-state index contributed by atoms with van der Waals surface area (Å²) in [5.41, 5.74) is 6.12. The van der Waals surface area contributed by atoms with Crippen LogP contribution < -0.4 is 27.0 Å². The van der Waals surface area contributed by atoms with E-state index in [0.717, 1.165) is 0 Å². The maximum absolute atomic E-state index is 13.4. The van der Waals surface area contributed by atoms with Crippen molar-refractivity contribution in [2.45, 2.75) is 78.3 Å². The quantitative estimate of drug-likeness (QED) is 0.133. The van der Waals surface area contributed by atoms with Crippen LogP contribution in [0.4, 0.5) is 20.1 Å². The lowest BCUT2D eigenvalue weighted by atomic mass is 10.0. The van der Waals surface area contributed by atoms with Crippen molar-refractivity contribution >= 4 is 29.8 Å². The number of urea groups is 1. The molecule has 1 aromatic rings. The van der Waals surface area contributed by atoms with E-state index in [1.54, 1.807) is 39.0 Å². The highest BCUT2D eigenvalue weighted by molar-refractivity contribution is 5.95. The lowest BCUT2D eigenvalue weighted by Gasteiger charge is -2.28. The molecule has 0 aliphatic rings. The number of carbonyl (C=O) groups is 4. The Bertz CT molecular complexity index is 1100. The number of hydrogen-bond acceptors (Lipinski definition) is 8. The summed E-state index contributed by atoms with van der Waals surface area (Å²) in [7, 11) is 1.53. The van der Waals surface area contributed by atoms with Crippen LogP contribution in [0.5, 0.6) is 0 Å². The van der Waals surface area contributed by atoms with Gasteiger partial charge in [0.1, 0.15) is 5.60 Å². The molecule has 0 aromatic heterocycles. The fourth-order valence-corrected chi connectivity index (χ4v) is 3.79. The van der Waals surface area contributed by atoms with Crippen LogP contribution in [0.15, 0.2) is 18.2 Å². The Morgan fingerprint density at radius 3 is 2.43 bits per heavy atom. The molecule has 5 amide bonds. The third-order valence-electron chi connectivity index (χ3n) is 6.02. The van der Waals surface area contributed by atoms with E-state index in [1.165, 1.54) is 11.9 Å². The molecule has 0 spiro atoms. The molecule has 0 fully saturated rings. The molecule has 13 nitrogen and oxygen atoms in total. The molecule has 0 bridgehead atoms. The lowest BCUT2D eigenvalue weighted by Crippen LogP contribution is -2.51. The first-order chi connectivity index (χ1) is 19.7. The number of nitrogens with one attached hydrogen (secondary N) is 4. The van der Waals surface area contributed by atoms with Crippen molar-refractivity contribution in [2.75, 3.05) is 32.1 Å². The molecule has 42 heavy (non-hydrogen) atoms. The first kappa shape index (κ1) is 36.0. The molecular formula is C29H46N6O7. The van der Waals surface area contributed by atoms with Crippen molar-refractivity contribution in [3.05, 3.63) is 29.3 Å². The van der Waals surface area contributed by atoms with Crippen molar-refractivity contribution in [1.82, 2.24) is 20.9 Å². The summed E-state index contributed by atoms with van der Waals surface area (Å²) in [6.45, 7) is 9.44. The largest absolute Gasteiger partial charge is 0.444 e. The van der Waals surface area contributed by atoms with Crippen molar-refractivity contribution in [1.29, 1.82) is 0 Å². The minimum absolute atomic E-state index is 0.0307. The number of rotatable bonds is 15. The summed E-state index contributed by atoms with van der Waals surface area (Å²) in [6.07, 6.45) is 4.77. The summed E-state index contributed by atoms with van der Waals surface area (Å²) in [4.78, 5) is 50.3. The minimum atomic E-state index is -0.691. The molecular weight excluding hydrogens is 544 g/mol. The molecule has 0 unspecified atom stereocenters. The van der Waals surface area contributed by atoms with E-state index < -0.39 is 29.9 Å². The van der Waals surface area contributed by atoms with Gasteiger partial charge in [-0.3, -0.25) is 4.79 Å². The van der Waals surface area contributed by atoms with Crippen LogP contribution in [0.25, 0.3) is 0 Å². The maximum atomic E-state index is 13.4. The molecule has 0 aliphatic carbocycles. The fraction of sp³-hybridized carbons (Fsp3) is 0.586. The van der Waals surface area contributed by atoms with Crippen LogP contribution >= 0.6 is 0 Å². The summed E-state index contributed by atoms with van der Waals surface area (Å²) < 4.78 is 10.3. The van der Waals surface area contributed by atoms with Gasteiger partial charge in [-0.25, -0.2) is 14.4 Å². The Labute approximate surface area is 248 Å². The maximum Gasteiger partial charge on any atom is 0.410 e. The van der Waals surface area contributed by atoms with Crippen LogP contribution in [0, 0.1) is 18.3 Å². The van der Waals surface area contributed by atoms with Gasteiger partial charge in [0.25, 0.3) is 0 Å². The zero-order valence-corrected chi connectivity index (χ0v) is 25.4. The van der Waals surface area contributed by atoms with Gasteiger partial charge in [-0.15, -0.1) is 6.42 Å². The molecule has 0 aliphatic heterocycles. The fourth-order valence-electron chi connectivity index (χ4n) is 3.79. The Kier molecular flexibility index (Phi) is 15.2. The predicted molar refractivity (Wildman–Crippen MR) is 159 cm³/mol. The number of aliphatic hydroxyl groups excluding tert-OH is 1. The van der Waals surface area contributed by atoms with Crippen molar-refractivity contribution < 1.29 is 33.8 Å². The number of primary amides is 1. The molecule has 2 atom stereocenters. The predicted octanol–water partition coefficient (Wildman–Crippen LogP) is 2.28. The van der Waals surface area contributed by atoms with E-state index in [2.05, 4.69) is 27.2 Å². The first-order valence-corrected chi connectivity index (χ1v) is 13.8. The van der Waals surface area contributed by atoms with Crippen molar-refractivity contribution in [3.63, 3.8) is 0 Å². The second-order valence-electron chi connectivity index (χ2n) is 11.1. The molecule has 0 saturated heterocycles. The third-order valence-corrected chi connectivity index (χ3v) is 6.02. The number of ether oxygens (including phenoxy) is 2. The van der Waals surface area contributed by atoms with Crippen molar-refractivity contribution in [3.8, 4) is 12.3 Å². The second-order valence-corrected chi connectivity index (χ2v) is 11.1. The smallest absolute Gasteiger partial charge is 0.410 e. The van der Waals surface area contributed by atoms with Crippen molar-refractivity contribution in [2.24, 2.45) is 11.7 Å². The number of terminal acetylenes is 1. The van der Waals surface area contributed by atoms with E-state index in [0.29, 0.717) is 29.7 Å². The Morgan fingerprint density at radius 1 is 1.17 bits per heavy atom. The Balaban J connectivity index is 3.05. The number of benzene rings is 1. The van der Waals surface area contributed by atoms with Gasteiger partial charge in [-0.2, -0.15) is 0 Å². The van der Waals surface area contributed by atoms with Gasteiger partial charge in [-0.05, 0) is 62.8 Å². The van der Waals surface area contributed by atoms with Gasteiger partial charge < -0.3 is 46.5 Å². The molecule has 7 N–H and O–H groups in total. The highest BCUT2D eigenvalue weighted by atomic mass is 16.6. The van der Waals surface area contributed by atoms with Gasteiger partial charge in [0.05, 0.1) is 12.6 Å². The number of amides is 5. The monoisotopic (exact) mass is 590 g/mol. The van der Waals surface area contributed by atoms with Gasteiger partial charge in [0.15, 0.2) is 6.61 Å². The molecule has 1 aromatic carbocycles. The average molecular weight is 591 g/mol. The van der Waals surface area contributed by atoms with Gasteiger partial charge in [-0.1, -0.05) is 25.8 Å². The molecule has 13 heteroatoms. The van der Waals surface area contributed by atoms with E-state index in [4.69, 9.17) is 21.6 Å². The van der Waals surface area contributed by atoms with E-state index >= 15 is 0 Å². The number of carbonyl (C=O) groups excluding carboxylic acids is 4. The van der Waals surface area contributed by atoms with Gasteiger partial charge in [0, 0.05) is 38.4 Å². The van der Waals surface area contributed by atoms with Gasteiger partial charge in [0.2, 0.25) is 5.91 Å². The van der Waals surface area contributed by atoms with Crippen LogP contribution in [0.1, 0.15) is 58.6 Å². The summed E-state index contributed by atoms with van der Waals surface area (Å²) in [5, 5.41) is 21.3. The van der Waals surface area contributed by atoms with Crippen LogP contribution in [-0.4, -0.2) is 78.6 Å². The second kappa shape index (κ2) is 17.7. The lowest BCUT2D eigenvalue weighted by molar-refractivity contribution is -0.118. The number of anilines is 1. The number of aliphatic hydroxyl groups is 1. The van der Waals surface area contributed by atoms with Crippen LogP contribution in [0.3, 0.4) is 0 Å². The zero-order valence-electron chi connectivity index (χ0n) is 25.4. The molecule has 1 rings (SSSR count). The summed E-state index contributed by atoms with van der Waals surface area (Å²) in [5.74, 6) is 1.91. The van der Waals surface area contributed by atoms with Crippen LogP contribution in [0.2, 0.25) is 0 Å². The number of hydrogen-bond donors (Lipinski definition) is 6. The highest BCUT2D eigenvalue weighted by Gasteiger charge is 2.25. The zero-order chi connectivity index (χ0) is 31.9. The summed E-state index contributed by atoms with van der Waals surface area (Å²) in [6, 6.07) is 3.29. The van der Waals surface area contributed by atoms with E-state index in [-0.39, 0.29) is 50.7 Å². The highest BCUT2D eigenvalue weighted by Crippen LogP contribution is 2.19. The first-order valence-electron chi connectivity index (χ1n) is 13.8. The normalized spacial score (nSPS) is 12.5. The Hall–Kier alpha value is -4.02. The van der Waals surface area contributed by atoms with Crippen LogP contribution in [-0.2, 0) is 27.4 Å². The Morgan fingerprint density at radius 2 is 1.86 bits per heavy atom. The molecule has 0 heterocycles. The average Bonchev–Trinajstić information content (AvgIpc) is 2.89. The molecule has 234 valence electrons. The van der Waals surface area contributed by atoms with Gasteiger partial charge >= 0.3 is 18.2 Å². The molecule has 0 saturated carbocycles. The molecule has 0 radical (unpaired) electrons. The summed E-state index contributed by atoms with van der Waals surface area (Å²) >= 11 is 0. The SMILES string of the molecule is C#CCOC(=O)N(C)Cc1cc(NC(=O)[C@H](CCCNC(N)=O)NC[C@@H](NC(=O)OC(C)(C)C)C(C)C)ccc1CO. The number of nitrogens with two attached hydrogens (primary N) is 1. The third kappa shape index (κ3) is 14.0. The number of nitrogens with zero attached hydrogens (tertiary/aromatic N) is 1. The van der Waals surface area contributed by atoms with E-state index in [1.807, 2.05) is 13.8 Å². The standard InChI is InChI=1S/C29H46N6O7/c1-8-14-41-28(40)35(7)17-21-15-22(12-11-20(21)18-36)33-25(37)23(10-9-13-31-26(30)38)32-16-24(19(2)3)34-27(39)42-29(4,5)6/h1,11-12,15,19,23-24,32,36H,9-10,13-14,16-18H2,2-7H3,(H,33,37)(H,34,39)(H3,30,31,38)/t23-,24+/m0/s1. The topological polar surface area (TPSA) is 184 Å². The number of alkyl carbamates (subject to hydrolysis) is 1. The minimum Gasteiger partial charge on any atom is -0.444 e.